The standard InChI is InChI=1S/C11H8F3NO3/c1-17-9-6(5-15)3-4-7(11(12,13)14)8(9)10(16)18-2/h3-4H,1-2H3. The predicted molar refractivity (Wildman–Crippen MR) is 54.1 cm³/mol. The SMILES string of the molecule is COC(=O)c1c(C(F)(F)F)ccc(C#N)c1OC. The highest BCUT2D eigenvalue weighted by molar-refractivity contribution is 5.95. The smallest absolute Gasteiger partial charge is 0.417 e. The Hall–Kier alpha value is -2.23. The molecule has 0 aliphatic carbocycles. The zero-order chi connectivity index (χ0) is 13.9. The summed E-state index contributed by atoms with van der Waals surface area (Å²) >= 11 is 0. The van der Waals surface area contributed by atoms with Gasteiger partial charge < -0.3 is 9.47 Å². The number of methoxy groups -OCH3 is 2. The van der Waals surface area contributed by atoms with E-state index in [1.54, 1.807) is 6.07 Å². The minimum absolute atomic E-state index is 0.175. The molecule has 0 saturated heterocycles. The van der Waals surface area contributed by atoms with Gasteiger partial charge in [-0.25, -0.2) is 4.79 Å². The minimum Gasteiger partial charge on any atom is -0.494 e. The van der Waals surface area contributed by atoms with E-state index < -0.39 is 29.0 Å². The lowest BCUT2D eigenvalue weighted by Crippen LogP contribution is -2.16. The number of hydrogen-bond acceptors (Lipinski definition) is 4. The average molecular weight is 259 g/mol. The monoisotopic (exact) mass is 259 g/mol. The maximum atomic E-state index is 12.8. The number of nitriles is 1. The summed E-state index contributed by atoms with van der Waals surface area (Å²) in [5, 5.41) is 8.76. The van der Waals surface area contributed by atoms with Crippen molar-refractivity contribution in [3.8, 4) is 11.8 Å². The van der Waals surface area contributed by atoms with Crippen molar-refractivity contribution in [1.82, 2.24) is 0 Å². The number of ether oxygens (including phenoxy) is 2. The van der Waals surface area contributed by atoms with Crippen molar-refractivity contribution in [3.63, 3.8) is 0 Å². The Morgan fingerprint density at radius 1 is 1.33 bits per heavy atom. The Bertz CT molecular complexity index is 517. The molecule has 0 N–H and O–H groups in total. The number of hydrogen-bond donors (Lipinski definition) is 0. The number of halogens is 3. The van der Waals surface area contributed by atoms with Crippen molar-refractivity contribution in [2.45, 2.75) is 6.18 Å². The first-order valence-electron chi connectivity index (χ1n) is 4.63. The van der Waals surface area contributed by atoms with Crippen LogP contribution in [-0.2, 0) is 10.9 Å². The molecule has 0 aliphatic rings. The molecule has 0 aromatic heterocycles. The Balaban J connectivity index is 3.66. The van der Waals surface area contributed by atoms with Gasteiger partial charge in [0, 0.05) is 0 Å². The fourth-order valence-electron chi connectivity index (χ4n) is 1.42. The van der Waals surface area contributed by atoms with Crippen molar-refractivity contribution >= 4 is 5.97 Å². The summed E-state index contributed by atoms with van der Waals surface area (Å²) in [5.41, 5.74) is -2.18. The number of alkyl halides is 3. The van der Waals surface area contributed by atoms with Crippen LogP contribution >= 0.6 is 0 Å². The highest BCUT2D eigenvalue weighted by Gasteiger charge is 2.38. The average Bonchev–Trinajstić information content (AvgIpc) is 2.34. The summed E-state index contributed by atoms with van der Waals surface area (Å²) in [6.07, 6.45) is -4.75. The molecule has 1 aromatic carbocycles. The van der Waals surface area contributed by atoms with E-state index in [0.29, 0.717) is 6.07 Å². The summed E-state index contributed by atoms with van der Waals surface area (Å²) in [6.45, 7) is 0. The van der Waals surface area contributed by atoms with Crippen molar-refractivity contribution in [2.75, 3.05) is 14.2 Å². The van der Waals surface area contributed by atoms with E-state index in [0.717, 1.165) is 20.3 Å². The lowest BCUT2D eigenvalue weighted by molar-refractivity contribution is -0.138. The van der Waals surface area contributed by atoms with Crippen molar-refractivity contribution < 1.29 is 27.4 Å². The van der Waals surface area contributed by atoms with Gasteiger partial charge in [0.25, 0.3) is 0 Å². The van der Waals surface area contributed by atoms with Gasteiger partial charge >= 0.3 is 12.1 Å². The molecule has 7 heteroatoms. The number of nitrogens with zero attached hydrogens (tertiary/aromatic N) is 1. The summed E-state index contributed by atoms with van der Waals surface area (Å²) in [6, 6.07) is 3.23. The molecule has 4 nitrogen and oxygen atoms in total. The Morgan fingerprint density at radius 3 is 2.33 bits per heavy atom. The normalized spacial score (nSPS) is 10.7. The Morgan fingerprint density at radius 2 is 1.94 bits per heavy atom. The van der Waals surface area contributed by atoms with Crippen LogP contribution in [0.5, 0.6) is 5.75 Å². The van der Waals surface area contributed by atoms with Crippen LogP contribution in [0.4, 0.5) is 13.2 Å². The van der Waals surface area contributed by atoms with Gasteiger partial charge in [-0.3, -0.25) is 0 Å². The second-order valence-corrected chi connectivity index (χ2v) is 3.17. The molecule has 0 unspecified atom stereocenters. The maximum absolute atomic E-state index is 12.8. The first kappa shape index (κ1) is 13.8. The van der Waals surface area contributed by atoms with E-state index in [-0.39, 0.29) is 5.56 Å². The highest BCUT2D eigenvalue weighted by atomic mass is 19.4. The first-order valence-corrected chi connectivity index (χ1v) is 4.63. The van der Waals surface area contributed by atoms with E-state index in [4.69, 9.17) is 10.00 Å². The van der Waals surface area contributed by atoms with Crippen LogP contribution in [0.25, 0.3) is 0 Å². The second kappa shape index (κ2) is 4.96. The van der Waals surface area contributed by atoms with Crippen LogP contribution in [0.15, 0.2) is 12.1 Å². The van der Waals surface area contributed by atoms with Crippen LogP contribution in [0.1, 0.15) is 21.5 Å². The van der Waals surface area contributed by atoms with Gasteiger partial charge in [-0.15, -0.1) is 0 Å². The van der Waals surface area contributed by atoms with Crippen molar-refractivity contribution in [1.29, 1.82) is 5.26 Å². The molecule has 18 heavy (non-hydrogen) atoms. The predicted octanol–water partition coefficient (Wildman–Crippen LogP) is 2.37. The molecular weight excluding hydrogens is 251 g/mol. The Kier molecular flexibility index (Phi) is 3.81. The van der Waals surface area contributed by atoms with Crippen LogP contribution in [0.3, 0.4) is 0 Å². The van der Waals surface area contributed by atoms with Crippen molar-refractivity contribution in [2.24, 2.45) is 0 Å². The number of carbonyl (C=O) groups excluding carboxylic acids is 1. The molecule has 0 atom stereocenters. The van der Waals surface area contributed by atoms with Gasteiger partial charge in [0.15, 0.2) is 5.75 Å². The lowest BCUT2D eigenvalue weighted by atomic mass is 10.0. The molecule has 0 bridgehead atoms. The molecule has 1 aromatic rings. The van der Waals surface area contributed by atoms with Crippen molar-refractivity contribution in [3.05, 3.63) is 28.8 Å². The largest absolute Gasteiger partial charge is 0.494 e. The van der Waals surface area contributed by atoms with Gasteiger partial charge in [-0.1, -0.05) is 0 Å². The number of rotatable bonds is 2. The van der Waals surface area contributed by atoms with Gasteiger partial charge in [-0.05, 0) is 12.1 Å². The van der Waals surface area contributed by atoms with Crippen LogP contribution in [0.2, 0.25) is 0 Å². The van der Waals surface area contributed by atoms with E-state index in [2.05, 4.69) is 4.74 Å². The van der Waals surface area contributed by atoms with Gasteiger partial charge in [0.05, 0.1) is 25.3 Å². The second-order valence-electron chi connectivity index (χ2n) is 3.17. The summed E-state index contributed by atoms with van der Waals surface area (Å²) < 4.78 is 47.2. The van der Waals surface area contributed by atoms with Gasteiger partial charge in [-0.2, -0.15) is 18.4 Å². The third kappa shape index (κ3) is 2.37. The van der Waals surface area contributed by atoms with Crippen LogP contribution in [-0.4, -0.2) is 20.2 Å². The minimum atomic E-state index is -4.75. The third-order valence-corrected chi connectivity index (χ3v) is 2.18. The molecule has 1 rings (SSSR count). The molecular formula is C11H8F3NO3. The van der Waals surface area contributed by atoms with E-state index in [1.165, 1.54) is 0 Å². The third-order valence-electron chi connectivity index (χ3n) is 2.18. The molecule has 0 saturated carbocycles. The van der Waals surface area contributed by atoms with Crippen LogP contribution < -0.4 is 4.74 Å². The molecule has 0 fully saturated rings. The van der Waals surface area contributed by atoms with Gasteiger partial charge in [0.1, 0.15) is 11.6 Å². The number of esters is 1. The maximum Gasteiger partial charge on any atom is 0.417 e. The highest BCUT2D eigenvalue weighted by Crippen LogP contribution is 2.37. The fourth-order valence-corrected chi connectivity index (χ4v) is 1.42. The van der Waals surface area contributed by atoms with E-state index in [9.17, 15) is 18.0 Å². The van der Waals surface area contributed by atoms with Crippen LogP contribution in [0, 0.1) is 11.3 Å². The molecule has 96 valence electrons. The van der Waals surface area contributed by atoms with Gasteiger partial charge in [0.2, 0.25) is 0 Å². The number of benzene rings is 1. The Labute approximate surface area is 101 Å². The first-order chi connectivity index (χ1) is 8.36. The van der Waals surface area contributed by atoms with E-state index in [1.807, 2.05) is 0 Å². The zero-order valence-electron chi connectivity index (χ0n) is 9.46. The lowest BCUT2D eigenvalue weighted by Gasteiger charge is -2.15. The topological polar surface area (TPSA) is 59.3 Å². The summed E-state index contributed by atoms with van der Waals surface area (Å²) in [5.74, 6) is -1.66. The zero-order valence-corrected chi connectivity index (χ0v) is 9.46. The quantitative estimate of drug-likeness (QED) is 0.765. The molecule has 0 radical (unpaired) electrons. The van der Waals surface area contributed by atoms with E-state index >= 15 is 0 Å². The molecule has 0 amide bonds. The molecule has 0 aliphatic heterocycles. The summed E-state index contributed by atoms with van der Waals surface area (Å²) in [4.78, 5) is 11.4. The fraction of sp³-hybridized carbons (Fsp3) is 0.273. The number of carbonyl (C=O) groups is 1. The summed E-state index contributed by atoms with van der Waals surface area (Å²) in [7, 11) is 2.02. The molecule has 0 spiro atoms. The molecule has 0 heterocycles.